The molecule has 0 spiro atoms. The summed E-state index contributed by atoms with van der Waals surface area (Å²) < 4.78 is 25.4. The Hall–Kier alpha value is -3.52. The van der Waals surface area contributed by atoms with E-state index in [1.54, 1.807) is 11.5 Å². The number of aromatic nitrogens is 1. The van der Waals surface area contributed by atoms with Crippen LogP contribution in [0.5, 0.6) is 5.75 Å². The second-order valence-electron chi connectivity index (χ2n) is 8.05. The van der Waals surface area contributed by atoms with Gasteiger partial charge in [0.2, 0.25) is 5.91 Å². The van der Waals surface area contributed by atoms with Gasteiger partial charge in [0.1, 0.15) is 6.61 Å². The van der Waals surface area contributed by atoms with E-state index in [0.29, 0.717) is 5.56 Å². The van der Waals surface area contributed by atoms with Crippen LogP contribution in [0.3, 0.4) is 0 Å². The number of hydrogen-bond acceptors (Lipinski definition) is 6. The van der Waals surface area contributed by atoms with Gasteiger partial charge >= 0.3 is 5.97 Å². The number of rotatable bonds is 7. The number of carbonyl (C=O) groups is 2. The Kier molecular flexibility index (Phi) is 5.80. The summed E-state index contributed by atoms with van der Waals surface area (Å²) in [5, 5.41) is 9.82. The molecule has 8 heteroatoms. The third-order valence-corrected chi connectivity index (χ3v) is 5.92. The minimum Gasteiger partial charge on any atom is -0.486 e. The number of amides is 1. The lowest BCUT2D eigenvalue weighted by Gasteiger charge is -2.16. The van der Waals surface area contributed by atoms with Crippen LogP contribution in [0.2, 0.25) is 0 Å². The van der Waals surface area contributed by atoms with Crippen molar-refractivity contribution in [1.29, 1.82) is 0 Å². The van der Waals surface area contributed by atoms with Gasteiger partial charge in [-0.05, 0) is 49.6 Å². The van der Waals surface area contributed by atoms with E-state index < -0.39 is 29.0 Å². The second kappa shape index (κ2) is 8.55. The topological polar surface area (TPSA) is 97.8 Å². The predicted molar refractivity (Wildman–Crippen MR) is 113 cm³/mol. The number of aryl methyl sites for hydroxylation is 1. The number of halogens is 1. The second-order valence-corrected chi connectivity index (χ2v) is 8.05. The van der Waals surface area contributed by atoms with E-state index in [-0.39, 0.29) is 25.2 Å². The minimum absolute atomic E-state index is 0.0832. The monoisotopic (exact) mass is 438 g/mol. The molecular weight excluding hydrogens is 415 g/mol. The fraction of sp³-hybridized carbons (Fsp3) is 0.292. The van der Waals surface area contributed by atoms with E-state index >= 15 is 0 Å². The summed E-state index contributed by atoms with van der Waals surface area (Å²) in [7, 11) is 1.23. The number of fused-ring (bicyclic) bond motifs is 1. The number of nitrogens with zero attached hydrogens (tertiary/aromatic N) is 1. The van der Waals surface area contributed by atoms with Crippen LogP contribution >= 0.6 is 0 Å². The number of carbonyl (C=O) groups excluding carboxylic acids is 2. The van der Waals surface area contributed by atoms with Gasteiger partial charge in [0, 0.05) is 16.6 Å². The van der Waals surface area contributed by atoms with Crippen molar-refractivity contribution in [1.82, 2.24) is 10.5 Å². The van der Waals surface area contributed by atoms with Crippen LogP contribution in [0.15, 0.2) is 48.5 Å². The summed E-state index contributed by atoms with van der Waals surface area (Å²) in [5.41, 5.74) is 3.58. The Morgan fingerprint density at radius 1 is 1.25 bits per heavy atom. The van der Waals surface area contributed by atoms with E-state index in [2.05, 4.69) is 4.98 Å². The first-order valence-electron chi connectivity index (χ1n) is 10.2. The summed E-state index contributed by atoms with van der Waals surface area (Å²) in [6.07, 6.45) is 0.337. The molecule has 1 aliphatic carbocycles. The maximum atomic E-state index is 14.8. The highest BCUT2D eigenvalue weighted by Gasteiger charge is 2.64. The molecule has 1 amide bonds. The van der Waals surface area contributed by atoms with Gasteiger partial charge in [-0.25, -0.2) is 9.87 Å². The molecule has 7 nitrogen and oxygen atoms in total. The van der Waals surface area contributed by atoms with E-state index in [4.69, 9.17) is 14.7 Å². The molecule has 0 aliphatic heterocycles. The van der Waals surface area contributed by atoms with E-state index in [1.807, 2.05) is 37.3 Å². The van der Waals surface area contributed by atoms with Crippen molar-refractivity contribution in [3.05, 3.63) is 71.2 Å². The van der Waals surface area contributed by atoms with Gasteiger partial charge in [0.25, 0.3) is 0 Å². The average Bonchev–Trinajstić information content (AvgIpc) is 3.52. The van der Waals surface area contributed by atoms with Crippen LogP contribution in [0.25, 0.3) is 10.9 Å². The van der Waals surface area contributed by atoms with Crippen molar-refractivity contribution in [3.8, 4) is 5.75 Å². The van der Waals surface area contributed by atoms with Crippen molar-refractivity contribution in [2.45, 2.75) is 26.4 Å². The third kappa shape index (κ3) is 4.01. The Labute approximate surface area is 184 Å². The first kappa shape index (κ1) is 21.7. The number of nitrogens with one attached hydrogen (secondary N) is 1. The lowest BCUT2D eigenvalue weighted by molar-refractivity contribution is -0.149. The van der Waals surface area contributed by atoms with Crippen LogP contribution in [0.4, 0.5) is 4.39 Å². The molecule has 0 radical (unpaired) electrons. The normalized spacial score (nSPS) is 19.4. The zero-order valence-corrected chi connectivity index (χ0v) is 17.7. The van der Waals surface area contributed by atoms with Gasteiger partial charge < -0.3 is 9.47 Å². The number of methoxy groups -OCH3 is 1. The molecule has 0 unspecified atom stereocenters. The Morgan fingerprint density at radius 2 is 2.03 bits per heavy atom. The molecule has 1 fully saturated rings. The largest absolute Gasteiger partial charge is 0.486 e. The fourth-order valence-electron chi connectivity index (χ4n) is 4.23. The molecule has 2 aromatic carbocycles. The van der Waals surface area contributed by atoms with Crippen molar-refractivity contribution in [2.75, 3.05) is 7.11 Å². The van der Waals surface area contributed by atoms with Crippen molar-refractivity contribution in [3.63, 3.8) is 0 Å². The Morgan fingerprint density at radius 3 is 2.75 bits per heavy atom. The number of ether oxygens (including phenoxy) is 2. The van der Waals surface area contributed by atoms with Crippen molar-refractivity contribution >= 4 is 22.8 Å². The maximum absolute atomic E-state index is 14.8. The van der Waals surface area contributed by atoms with Gasteiger partial charge in [-0.3, -0.25) is 19.8 Å². The van der Waals surface area contributed by atoms with E-state index in [9.17, 15) is 14.0 Å². The smallest absolute Gasteiger partial charge is 0.312 e. The average molecular weight is 438 g/mol. The summed E-state index contributed by atoms with van der Waals surface area (Å²) in [5.74, 6) is -2.43. The molecule has 1 aliphatic rings. The van der Waals surface area contributed by atoms with Gasteiger partial charge in [-0.15, -0.1) is 0 Å². The molecule has 4 rings (SSSR count). The Bertz CT molecular complexity index is 1200. The standard InChI is InChI=1S/C24H23FN2O5/c1-14-9-16(17-5-3-4-6-20(17)26-14)13-32-21-8-7-15(10-19(21)25)11-24(23(29)31-2)12-18(24)22(28)27-30/h3-10,18,30H,11-13H2,1-2H3,(H,27,28)/t18-,24+/m1/s1. The molecule has 1 heterocycles. The molecule has 1 aromatic heterocycles. The maximum Gasteiger partial charge on any atom is 0.312 e. The fourth-order valence-corrected chi connectivity index (χ4v) is 4.23. The number of hydrogen-bond donors (Lipinski definition) is 2. The SMILES string of the molecule is COC(=O)[C@@]1(Cc2ccc(OCc3cc(C)nc4ccccc34)c(F)c2)C[C@@H]1C(=O)NO. The quantitative estimate of drug-likeness (QED) is 0.333. The van der Waals surface area contributed by atoms with Crippen LogP contribution < -0.4 is 10.2 Å². The highest BCUT2D eigenvalue weighted by molar-refractivity contribution is 5.93. The van der Waals surface area contributed by atoms with Crippen LogP contribution in [0.1, 0.15) is 23.2 Å². The van der Waals surface area contributed by atoms with Crippen molar-refractivity contribution < 1.29 is 28.7 Å². The summed E-state index contributed by atoms with van der Waals surface area (Å²) >= 11 is 0. The highest BCUT2D eigenvalue weighted by Crippen LogP contribution is 2.55. The van der Waals surface area contributed by atoms with Crippen LogP contribution in [-0.2, 0) is 27.4 Å². The molecule has 166 valence electrons. The number of para-hydroxylation sites is 1. The van der Waals surface area contributed by atoms with E-state index in [0.717, 1.165) is 22.2 Å². The molecule has 0 bridgehead atoms. The zero-order valence-electron chi connectivity index (χ0n) is 17.7. The summed E-state index contributed by atoms with van der Waals surface area (Å²) in [6, 6.07) is 14.1. The Balaban J connectivity index is 1.51. The first-order chi connectivity index (χ1) is 15.4. The number of esters is 1. The molecule has 3 aromatic rings. The van der Waals surface area contributed by atoms with Gasteiger partial charge in [0.15, 0.2) is 11.6 Å². The third-order valence-electron chi connectivity index (χ3n) is 5.92. The van der Waals surface area contributed by atoms with E-state index in [1.165, 1.54) is 19.2 Å². The molecule has 2 N–H and O–H groups in total. The molecule has 0 saturated heterocycles. The number of pyridine rings is 1. The van der Waals surface area contributed by atoms with Crippen LogP contribution in [0, 0.1) is 24.1 Å². The minimum atomic E-state index is -1.11. The number of benzene rings is 2. The molecular formula is C24H23FN2O5. The first-order valence-corrected chi connectivity index (χ1v) is 10.2. The van der Waals surface area contributed by atoms with Gasteiger partial charge in [0.05, 0.1) is 24.0 Å². The molecule has 2 atom stereocenters. The lowest BCUT2D eigenvalue weighted by atomic mass is 9.93. The number of hydroxylamine groups is 1. The zero-order chi connectivity index (χ0) is 22.9. The summed E-state index contributed by atoms with van der Waals surface area (Å²) in [6.45, 7) is 2.07. The van der Waals surface area contributed by atoms with Crippen molar-refractivity contribution in [2.24, 2.45) is 11.3 Å². The summed E-state index contributed by atoms with van der Waals surface area (Å²) in [4.78, 5) is 28.6. The van der Waals surface area contributed by atoms with Gasteiger partial charge in [-0.2, -0.15) is 0 Å². The predicted octanol–water partition coefficient (Wildman–Crippen LogP) is 3.49. The molecule has 1 saturated carbocycles. The lowest BCUT2D eigenvalue weighted by Crippen LogP contribution is -2.30. The molecule has 32 heavy (non-hydrogen) atoms. The van der Waals surface area contributed by atoms with Gasteiger partial charge in [-0.1, -0.05) is 24.3 Å². The van der Waals surface area contributed by atoms with Crippen LogP contribution in [-0.4, -0.2) is 29.2 Å². The highest BCUT2D eigenvalue weighted by atomic mass is 19.1.